The molecule has 26 heavy (non-hydrogen) atoms. The van der Waals surface area contributed by atoms with Gasteiger partial charge in [0.1, 0.15) is 5.56 Å². The lowest BCUT2D eigenvalue weighted by molar-refractivity contribution is 0.101. The van der Waals surface area contributed by atoms with Gasteiger partial charge >= 0.3 is 0 Å². The van der Waals surface area contributed by atoms with E-state index in [1.54, 1.807) is 42.9 Å². The Bertz CT molecular complexity index is 1030. The van der Waals surface area contributed by atoms with Gasteiger partial charge in [0, 0.05) is 18.3 Å². The first kappa shape index (κ1) is 17.4. The Balaban J connectivity index is 1.95. The van der Waals surface area contributed by atoms with Gasteiger partial charge in [-0.05, 0) is 50.2 Å². The van der Waals surface area contributed by atoms with E-state index in [2.05, 4.69) is 5.32 Å². The van der Waals surface area contributed by atoms with Crippen molar-refractivity contribution in [2.75, 3.05) is 5.32 Å². The van der Waals surface area contributed by atoms with E-state index in [0.717, 1.165) is 0 Å². The number of nitrogens with zero attached hydrogens (tertiary/aromatic N) is 2. The fraction of sp³-hybridized carbons (Fsp3) is 0.150. The van der Waals surface area contributed by atoms with E-state index in [1.807, 2.05) is 30.3 Å². The number of carbonyl (C=O) groups is 2. The summed E-state index contributed by atoms with van der Waals surface area (Å²) in [6, 6.07) is 15.7. The number of nitrogens with one attached hydrogen (secondary N) is 1. The Hall–Kier alpha value is -3.41. The van der Waals surface area contributed by atoms with E-state index in [0.29, 0.717) is 22.6 Å². The van der Waals surface area contributed by atoms with Crippen molar-refractivity contribution in [1.82, 2.24) is 9.36 Å². The average Bonchev–Trinajstić information content (AvgIpc) is 2.85. The van der Waals surface area contributed by atoms with Crippen LogP contribution in [0.3, 0.4) is 0 Å². The second-order valence-electron chi connectivity index (χ2n) is 6.02. The van der Waals surface area contributed by atoms with Gasteiger partial charge in [0.15, 0.2) is 5.78 Å². The molecule has 0 radical (unpaired) electrons. The fourth-order valence-electron chi connectivity index (χ4n) is 2.81. The van der Waals surface area contributed by atoms with Crippen LogP contribution in [0.4, 0.5) is 5.69 Å². The summed E-state index contributed by atoms with van der Waals surface area (Å²) in [5.41, 5.74) is 2.05. The molecule has 132 valence electrons. The third-order valence-corrected chi connectivity index (χ3v) is 4.33. The maximum Gasteiger partial charge on any atom is 0.284 e. The molecule has 0 aliphatic heterocycles. The van der Waals surface area contributed by atoms with Crippen LogP contribution >= 0.6 is 0 Å². The molecule has 2 aromatic carbocycles. The summed E-state index contributed by atoms with van der Waals surface area (Å²) in [6.07, 6.45) is 0. The molecule has 6 heteroatoms. The number of benzene rings is 2. The summed E-state index contributed by atoms with van der Waals surface area (Å²) in [6.45, 7) is 3.21. The predicted molar refractivity (Wildman–Crippen MR) is 100 cm³/mol. The average molecular weight is 349 g/mol. The molecule has 0 aliphatic rings. The Morgan fingerprint density at radius 2 is 1.58 bits per heavy atom. The largest absolute Gasteiger partial charge is 0.322 e. The first-order chi connectivity index (χ1) is 12.4. The van der Waals surface area contributed by atoms with E-state index >= 15 is 0 Å². The monoisotopic (exact) mass is 349 g/mol. The van der Waals surface area contributed by atoms with Crippen LogP contribution < -0.4 is 10.9 Å². The van der Waals surface area contributed by atoms with Gasteiger partial charge in [-0.25, -0.2) is 4.68 Å². The number of carbonyl (C=O) groups excluding carboxylic acids is 2. The van der Waals surface area contributed by atoms with E-state index < -0.39 is 5.91 Å². The van der Waals surface area contributed by atoms with E-state index in [4.69, 9.17) is 0 Å². The molecule has 1 N–H and O–H groups in total. The van der Waals surface area contributed by atoms with Crippen LogP contribution in [0.5, 0.6) is 0 Å². The van der Waals surface area contributed by atoms with Crippen molar-refractivity contribution in [3.8, 4) is 5.69 Å². The number of para-hydroxylation sites is 1. The molecule has 0 spiro atoms. The number of hydrogen-bond acceptors (Lipinski definition) is 3. The summed E-state index contributed by atoms with van der Waals surface area (Å²) in [5.74, 6) is -0.527. The molecule has 3 aromatic rings. The molecule has 0 saturated carbocycles. The third-order valence-electron chi connectivity index (χ3n) is 4.33. The van der Waals surface area contributed by atoms with Gasteiger partial charge in [0.2, 0.25) is 0 Å². The van der Waals surface area contributed by atoms with Gasteiger partial charge in [-0.1, -0.05) is 18.2 Å². The van der Waals surface area contributed by atoms with Gasteiger partial charge in [0.25, 0.3) is 11.5 Å². The SMILES string of the molecule is CC(=O)c1ccc(NC(=O)c2c(C)n(C)n(-c3ccccc3)c2=O)cc1. The second-order valence-corrected chi connectivity index (χ2v) is 6.02. The Labute approximate surface area is 150 Å². The smallest absolute Gasteiger partial charge is 0.284 e. The van der Waals surface area contributed by atoms with Crippen LogP contribution in [-0.4, -0.2) is 21.1 Å². The van der Waals surface area contributed by atoms with Crippen LogP contribution in [0.2, 0.25) is 0 Å². The summed E-state index contributed by atoms with van der Waals surface area (Å²) in [4.78, 5) is 36.8. The predicted octanol–water partition coefficient (Wildman–Crippen LogP) is 2.94. The van der Waals surface area contributed by atoms with Crippen molar-refractivity contribution in [2.45, 2.75) is 13.8 Å². The summed E-state index contributed by atoms with van der Waals surface area (Å²) >= 11 is 0. The lowest BCUT2D eigenvalue weighted by Gasteiger charge is -2.07. The number of rotatable bonds is 4. The molecule has 0 aliphatic carbocycles. The Morgan fingerprint density at radius 1 is 0.962 bits per heavy atom. The maximum absolute atomic E-state index is 12.8. The van der Waals surface area contributed by atoms with E-state index in [9.17, 15) is 14.4 Å². The van der Waals surface area contributed by atoms with Crippen molar-refractivity contribution in [3.63, 3.8) is 0 Å². The molecular weight excluding hydrogens is 330 g/mol. The fourth-order valence-corrected chi connectivity index (χ4v) is 2.81. The Kier molecular flexibility index (Phi) is 4.58. The van der Waals surface area contributed by atoms with E-state index in [-0.39, 0.29) is 16.9 Å². The van der Waals surface area contributed by atoms with Gasteiger partial charge in [-0.15, -0.1) is 0 Å². The molecule has 1 amide bonds. The molecule has 3 rings (SSSR count). The van der Waals surface area contributed by atoms with Gasteiger partial charge < -0.3 is 5.32 Å². The van der Waals surface area contributed by atoms with Gasteiger partial charge in [-0.2, -0.15) is 0 Å². The first-order valence-electron chi connectivity index (χ1n) is 8.16. The minimum atomic E-state index is -0.478. The zero-order valence-corrected chi connectivity index (χ0v) is 14.8. The third kappa shape index (κ3) is 3.09. The first-order valence-corrected chi connectivity index (χ1v) is 8.16. The van der Waals surface area contributed by atoms with Crippen molar-refractivity contribution in [2.24, 2.45) is 7.05 Å². The molecule has 0 saturated heterocycles. The highest BCUT2D eigenvalue weighted by Crippen LogP contribution is 2.14. The van der Waals surface area contributed by atoms with E-state index in [1.165, 1.54) is 11.6 Å². The highest BCUT2D eigenvalue weighted by molar-refractivity contribution is 6.05. The molecule has 0 fully saturated rings. The number of anilines is 1. The number of Topliss-reactive ketones (excluding diaryl/α,β-unsaturated/α-hetero) is 1. The van der Waals surface area contributed by atoms with Gasteiger partial charge in [0.05, 0.1) is 11.4 Å². The van der Waals surface area contributed by atoms with Crippen LogP contribution in [0.1, 0.15) is 33.3 Å². The minimum Gasteiger partial charge on any atom is -0.322 e. The van der Waals surface area contributed by atoms with Crippen molar-refractivity contribution in [3.05, 3.63) is 81.8 Å². The lowest BCUT2D eigenvalue weighted by Crippen LogP contribution is -2.25. The second kappa shape index (κ2) is 6.84. The number of ketones is 1. The highest BCUT2D eigenvalue weighted by atomic mass is 16.2. The number of hydrogen-bond donors (Lipinski definition) is 1. The summed E-state index contributed by atoms with van der Waals surface area (Å²) in [7, 11) is 1.74. The standard InChI is InChI=1S/C20H19N3O3/c1-13-18(19(25)21-16-11-9-15(10-12-16)14(2)24)20(26)23(22(13)3)17-7-5-4-6-8-17/h4-12H,1-3H3,(H,21,25). The quantitative estimate of drug-likeness (QED) is 0.736. The lowest BCUT2D eigenvalue weighted by atomic mass is 10.1. The maximum atomic E-state index is 12.8. The molecule has 1 aromatic heterocycles. The normalized spacial score (nSPS) is 10.6. The highest BCUT2D eigenvalue weighted by Gasteiger charge is 2.22. The molecular formula is C20H19N3O3. The Morgan fingerprint density at radius 3 is 2.15 bits per heavy atom. The number of amides is 1. The summed E-state index contributed by atoms with van der Waals surface area (Å²) in [5, 5.41) is 2.72. The zero-order valence-electron chi connectivity index (χ0n) is 14.8. The van der Waals surface area contributed by atoms with Gasteiger partial charge in [-0.3, -0.25) is 19.1 Å². The number of aromatic nitrogens is 2. The topological polar surface area (TPSA) is 73.1 Å². The summed E-state index contributed by atoms with van der Waals surface area (Å²) < 4.78 is 3.12. The molecule has 0 unspecified atom stereocenters. The van der Waals surface area contributed by atoms with Crippen LogP contribution in [-0.2, 0) is 7.05 Å². The van der Waals surface area contributed by atoms with Crippen LogP contribution in [0, 0.1) is 6.92 Å². The van der Waals surface area contributed by atoms with Crippen LogP contribution in [0.25, 0.3) is 5.69 Å². The molecule has 1 heterocycles. The van der Waals surface area contributed by atoms with Crippen LogP contribution in [0.15, 0.2) is 59.4 Å². The van der Waals surface area contributed by atoms with Crippen molar-refractivity contribution >= 4 is 17.4 Å². The molecule has 0 bridgehead atoms. The van der Waals surface area contributed by atoms with Crippen molar-refractivity contribution < 1.29 is 9.59 Å². The molecule has 6 nitrogen and oxygen atoms in total. The minimum absolute atomic E-state index is 0.0486. The molecule has 0 atom stereocenters. The van der Waals surface area contributed by atoms with Crippen molar-refractivity contribution in [1.29, 1.82) is 0 Å². The zero-order chi connectivity index (χ0) is 18.8.